The van der Waals surface area contributed by atoms with Crippen LogP contribution in [0, 0.1) is 0 Å². The molecule has 1 aliphatic rings. The van der Waals surface area contributed by atoms with Crippen molar-refractivity contribution in [3.63, 3.8) is 0 Å². The molecule has 1 aliphatic heterocycles. The third-order valence-corrected chi connectivity index (χ3v) is 4.36. The first kappa shape index (κ1) is 13.6. The molecule has 2 nitrogen and oxygen atoms in total. The molecular weight excluding hydrogens is 220 g/mol. The maximum atomic E-state index is 3.61. The van der Waals surface area contributed by atoms with E-state index in [9.17, 15) is 0 Å². The summed E-state index contributed by atoms with van der Waals surface area (Å²) in [6.07, 6.45) is 2.37. The minimum Gasteiger partial charge on any atom is -0.311 e. The van der Waals surface area contributed by atoms with E-state index in [2.05, 4.69) is 61.3 Å². The highest BCUT2D eigenvalue weighted by molar-refractivity contribution is 5.15. The van der Waals surface area contributed by atoms with E-state index < -0.39 is 0 Å². The Hall–Kier alpha value is -0.860. The molecule has 0 spiro atoms. The zero-order valence-corrected chi connectivity index (χ0v) is 11.9. The third kappa shape index (κ3) is 3.12. The summed E-state index contributed by atoms with van der Waals surface area (Å²) in [7, 11) is 0. The van der Waals surface area contributed by atoms with Gasteiger partial charge < -0.3 is 5.32 Å². The number of nitrogens with one attached hydrogen (secondary N) is 1. The van der Waals surface area contributed by atoms with E-state index in [4.69, 9.17) is 0 Å². The number of benzene rings is 1. The molecule has 2 atom stereocenters. The van der Waals surface area contributed by atoms with Crippen molar-refractivity contribution < 1.29 is 0 Å². The second-order valence-electron chi connectivity index (χ2n) is 5.81. The zero-order chi connectivity index (χ0) is 13.0. The van der Waals surface area contributed by atoms with E-state index in [0.29, 0.717) is 11.6 Å². The Kier molecular flexibility index (Phi) is 4.41. The van der Waals surface area contributed by atoms with Crippen molar-refractivity contribution >= 4 is 0 Å². The van der Waals surface area contributed by atoms with Crippen LogP contribution in [0.3, 0.4) is 0 Å². The highest BCUT2D eigenvalue weighted by Gasteiger charge is 2.34. The van der Waals surface area contributed by atoms with Crippen molar-refractivity contribution in [2.75, 3.05) is 19.6 Å². The quantitative estimate of drug-likeness (QED) is 0.878. The molecular formula is C16H26N2. The van der Waals surface area contributed by atoms with E-state index in [0.717, 1.165) is 19.5 Å². The second kappa shape index (κ2) is 5.85. The summed E-state index contributed by atoms with van der Waals surface area (Å²) in [5, 5.41) is 3.61. The lowest BCUT2D eigenvalue weighted by atomic mass is 9.92. The van der Waals surface area contributed by atoms with Crippen LogP contribution in [0.25, 0.3) is 0 Å². The van der Waals surface area contributed by atoms with Gasteiger partial charge in [0.1, 0.15) is 0 Å². The molecule has 0 aromatic heterocycles. The summed E-state index contributed by atoms with van der Waals surface area (Å²) in [5.41, 5.74) is 1.77. The van der Waals surface area contributed by atoms with E-state index in [-0.39, 0.29) is 0 Å². The standard InChI is InChI=1S/C16H26N2/c1-4-16(3)13-17-14(2)12-18(16)11-10-15-8-6-5-7-9-15/h5-9,14,17H,4,10-13H2,1-3H3. The lowest BCUT2D eigenvalue weighted by Gasteiger charge is -2.47. The Bertz CT molecular complexity index is 363. The maximum Gasteiger partial charge on any atom is 0.0304 e. The highest BCUT2D eigenvalue weighted by atomic mass is 15.3. The Balaban J connectivity index is 1.97. The largest absolute Gasteiger partial charge is 0.311 e. The topological polar surface area (TPSA) is 15.3 Å². The molecule has 0 amide bonds. The van der Waals surface area contributed by atoms with Gasteiger partial charge in [0.25, 0.3) is 0 Å². The predicted octanol–water partition coefficient (Wildman–Crippen LogP) is 2.69. The van der Waals surface area contributed by atoms with Gasteiger partial charge in [-0.25, -0.2) is 0 Å². The number of rotatable bonds is 4. The molecule has 2 heteroatoms. The van der Waals surface area contributed by atoms with Crippen LogP contribution in [0.5, 0.6) is 0 Å². The van der Waals surface area contributed by atoms with Gasteiger partial charge in [-0.2, -0.15) is 0 Å². The lowest BCUT2D eigenvalue weighted by Crippen LogP contribution is -2.62. The molecule has 0 saturated carbocycles. The third-order valence-electron chi connectivity index (χ3n) is 4.36. The molecule has 1 saturated heterocycles. The molecule has 1 fully saturated rings. The molecule has 2 unspecified atom stereocenters. The van der Waals surface area contributed by atoms with Crippen LogP contribution in [0.15, 0.2) is 30.3 Å². The fourth-order valence-corrected chi connectivity index (χ4v) is 2.74. The van der Waals surface area contributed by atoms with E-state index in [1.54, 1.807) is 0 Å². The Morgan fingerprint density at radius 3 is 2.72 bits per heavy atom. The molecule has 1 heterocycles. The van der Waals surface area contributed by atoms with Crippen molar-refractivity contribution in [1.82, 2.24) is 10.2 Å². The van der Waals surface area contributed by atoms with Crippen LogP contribution in [0.1, 0.15) is 32.8 Å². The van der Waals surface area contributed by atoms with Gasteiger partial charge in [-0.1, -0.05) is 37.3 Å². The number of piperazine rings is 1. The van der Waals surface area contributed by atoms with Gasteiger partial charge in [-0.15, -0.1) is 0 Å². The Morgan fingerprint density at radius 2 is 2.06 bits per heavy atom. The lowest BCUT2D eigenvalue weighted by molar-refractivity contribution is 0.0539. The fourth-order valence-electron chi connectivity index (χ4n) is 2.74. The summed E-state index contributed by atoms with van der Waals surface area (Å²) in [4.78, 5) is 2.67. The van der Waals surface area contributed by atoms with Gasteiger partial charge in [-0.05, 0) is 32.3 Å². The SMILES string of the molecule is CCC1(C)CNC(C)CN1CCc1ccccc1. The van der Waals surface area contributed by atoms with Crippen LogP contribution in [0.4, 0.5) is 0 Å². The van der Waals surface area contributed by atoms with Crippen LogP contribution < -0.4 is 5.32 Å². The predicted molar refractivity (Wildman–Crippen MR) is 77.9 cm³/mol. The summed E-state index contributed by atoms with van der Waals surface area (Å²) in [6, 6.07) is 11.4. The molecule has 0 bridgehead atoms. The summed E-state index contributed by atoms with van der Waals surface area (Å²) in [5.74, 6) is 0. The van der Waals surface area contributed by atoms with Crippen LogP contribution in [-0.2, 0) is 6.42 Å². The first-order valence-corrected chi connectivity index (χ1v) is 7.16. The first-order chi connectivity index (χ1) is 8.64. The zero-order valence-electron chi connectivity index (χ0n) is 11.9. The van der Waals surface area contributed by atoms with E-state index in [1.165, 1.54) is 18.5 Å². The van der Waals surface area contributed by atoms with E-state index >= 15 is 0 Å². The monoisotopic (exact) mass is 246 g/mol. The Morgan fingerprint density at radius 1 is 1.33 bits per heavy atom. The first-order valence-electron chi connectivity index (χ1n) is 7.16. The van der Waals surface area contributed by atoms with Gasteiger partial charge in [0.15, 0.2) is 0 Å². The molecule has 18 heavy (non-hydrogen) atoms. The fraction of sp³-hybridized carbons (Fsp3) is 0.625. The maximum absolute atomic E-state index is 3.61. The summed E-state index contributed by atoms with van der Waals surface area (Å²) in [6.45, 7) is 10.4. The van der Waals surface area contributed by atoms with Gasteiger partial charge >= 0.3 is 0 Å². The molecule has 0 aliphatic carbocycles. The minimum absolute atomic E-state index is 0.321. The van der Waals surface area contributed by atoms with Crippen LogP contribution in [-0.4, -0.2) is 36.1 Å². The van der Waals surface area contributed by atoms with Gasteiger partial charge in [0.2, 0.25) is 0 Å². The molecule has 1 N–H and O–H groups in total. The minimum atomic E-state index is 0.321. The van der Waals surface area contributed by atoms with Crippen molar-refractivity contribution in [3.8, 4) is 0 Å². The smallest absolute Gasteiger partial charge is 0.0304 e. The van der Waals surface area contributed by atoms with Gasteiger partial charge in [0.05, 0.1) is 0 Å². The Labute approximate surface area is 111 Å². The molecule has 2 rings (SSSR count). The van der Waals surface area contributed by atoms with Crippen molar-refractivity contribution in [3.05, 3.63) is 35.9 Å². The van der Waals surface area contributed by atoms with E-state index in [1.807, 2.05) is 0 Å². The molecule has 1 aromatic rings. The second-order valence-corrected chi connectivity index (χ2v) is 5.81. The number of hydrogen-bond acceptors (Lipinski definition) is 2. The average molecular weight is 246 g/mol. The van der Waals surface area contributed by atoms with Crippen LogP contribution >= 0.6 is 0 Å². The molecule has 100 valence electrons. The average Bonchev–Trinajstić information content (AvgIpc) is 2.41. The summed E-state index contributed by atoms with van der Waals surface area (Å²) >= 11 is 0. The van der Waals surface area contributed by atoms with Crippen molar-refractivity contribution in [2.45, 2.75) is 45.2 Å². The highest BCUT2D eigenvalue weighted by Crippen LogP contribution is 2.23. The van der Waals surface area contributed by atoms with Crippen molar-refractivity contribution in [1.29, 1.82) is 0 Å². The van der Waals surface area contributed by atoms with Crippen molar-refractivity contribution in [2.24, 2.45) is 0 Å². The normalized spacial score (nSPS) is 29.4. The summed E-state index contributed by atoms with van der Waals surface area (Å²) < 4.78 is 0. The molecule has 0 radical (unpaired) electrons. The van der Waals surface area contributed by atoms with Gasteiger partial charge in [0, 0.05) is 31.2 Å². The van der Waals surface area contributed by atoms with Gasteiger partial charge in [-0.3, -0.25) is 4.90 Å². The van der Waals surface area contributed by atoms with Crippen LogP contribution in [0.2, 0.25) is 0 Å². The number of hydrogen-bond donors (Lipinski definition) is 1. The number of nitrogens with zero attached hydrogens (tertiary/aromatic N) is 1. The molecule has 1 aromatic carbocycles.